The molecule has 1 aromatic carbocycles. The molecule has 0 spiro atoms. The van der Waals surface area contributed by atoms with Gasteiger partial charge < -0.3 is 19.7 Å². The molecule has 0 fully saturated rings. The highest BCUT2D eigenvalue weighted by Crippen LogP contribution is 2.15. The average Bonchev–Trinajstić information content (AvgIpc) is 3.04. The zero-order valence-electron chi connectivity index (χ0n) is 12.7. The second kappa shape index (κ2) is 7.86. The Morgan fingerprint density at radius 3 is 2.43 bits per heavy atom. The van der Waals surface area contributed by atoms with Crippen LogP contribution in [0.5, 0.6) is 0 Å². The molecule has 4 heteroatoms. The van der Waals surface area contributed by atoms with Gasteiger partial charge in [0.15, 0.2) is 0 Å². The Hall–Kier alpha value is -1.78. The van der Waals surface area contributed by atoms with Crippen molar-refractivity contribution in [3.63, 3.8) is 0 Å². The minimum atomic E-state index is -0.602. The van der Waals surface area contributed by atoms with Gasteiger partial charge in [0, 0.05) is 31.9 Å². The van der Waals surface area contributed by atoms with E-state index >= 15 is 0 Å². The molecule has 1 heterocycles. The van der Waals surface area contributed by atoms with Crippen LogP contribution in [-0.2, 0) is 6.54 Å². The molecule has 1 aromatic heterocycles. The molecule has 0 aliphatic rings. The number of aliphatic hydroxyl groups is 1. The van der Waals surface area contributed by atoms with Crippen LogP contribution < -0.4 is 10.2 Å². The van der Waals surface area contributed by atoms with Crippen LogP contribution in [0.15, 0.2) is 47.1 Å². The third-order valence-electron chi connectivity index (χ3n) is 3.60. The molecule has 4 nitrogen and oxygen atoms in total. The Kier molecular flexibility index (Phi) is 5.84. The zero-order chi connectivity index (χ0) is 15.1. The van der Waals surface area contributed by atoms with Crippen molar-refractivity contribution in [3.8, 4) is 0 Å². The van der Waals surface area contributed by atoms with Gasteiger partial charge in [-0.2, -0.15) is 0 Å². The molecule has 1 unspecified atom stereocenters. The lowest BCUT2D eigenvalue weighted by Gasteiger charge is -2.21. The molecule has 0 saturated carbocycles. The molecule has 0 aliphatic heterocycles. The van der Waals surface area contributed by atoms with Gasteiger partial charge in [0.25, 0.3) is 0 Å². The third kappa shape index (κ3) is 4.34. The molecule has 0 saturated heterocycles. The van der Waals surface area contributed by atoms with Crippen molar-refractivity contribution < 1.29 is 9.52 Å². The van der Waals surface area contributed by atoms with Crippen molar-refractivity contribution in [2.45, 2.75) is 26.5 Å². The fourth-order valence-corrected chi connectivity index (χ4v) is 2.35. The Labute approximate surface area is 126 Å². The van der Waals surface area contributed by atoms with Crippen molar-refractivity contribution in [3.05, 3.63) is 54.0 Å². The molecule has 0 aliphatic carbocycles. The third-order valence-corrected chi connectivity index (χ3v) is 3.60. The van der Waals surface area contributed by atoms with Gasteiger partial charge in [-0.25, -0.2) is 0 Å². The predicted molar refractivity (Wildman–Crippen MR) is 85.4 cm³/mol. The first-order chi connectivity index (χ1) is 10.2. The Bertz CT molecular complexity index is 504. The minimum Gasteiger partial charge on any atom is -0.467 e. The number of rotatable bonds is 8. The predicted octanol–water partition coefficient (Wildman–Crippen LogP) is 2.95. The average molecular weight is 288 g/mol. The summed E-state index contributed by atoms with van der Waals surface area (Å²) in [5, 5.41) is 13.1. The molecule has 21 heavy (non-hydrogen) atoms. The highest BCUT2D eigenvalue weighted by Gasteiger charge is 2.09. The van der Waals surface area contributed by atoms with E-state index in [1.54, 1.807) is 18.4 Å². The summed E-state index contributed by atoms with van der Waals surface area (Å²) in [7, 11) is 0. The summed E-state index contributed by atoms with van der Waals surface area (Å²) in [5.41, 5.74) is 2.46. The van der Waals surface area contributed by atoms with E-state index in [0.717, 1.165) is 19.6 Å². The van der Waals surface area contributed by atoms with Crippen LogP contribution in [0, 0.1) is 0 Å². The molecule has 114 valence electrons. The van der Waals surface area contributed by atoms with Gasteiger partial charge in [-0.05, 0) is 43.7 Å². The maximum absolute atomic E-state index is 9.91. The summed E-state index contributed by atoms with van der Waals surface area (Å²) in [6.07, 6.45) is 0.972. The largest absolute Gasteiger partial charge is 0.467 e. The summed E-state index contributed by atoms with van der Waals surface area (Å²) in [4.78, 5) is 2.32. The summed E-state index contributed by atoms with van der Waals surface area (Å²) >= 11 is 0. The number of furan rings is 1. The highest BCUT2D eigenvalue weighted by atomic mass is 16.4. The lowest BCUT2D eigenvalue weighted by atomic mass is 10.2. The quantitative estimate of drug-likeness (QED) is 0.784. The normalized spacial score (nSPS) is 12.3. The van der Waals surface area contributed by atoms with Gasteiger partial charge in [0.05, 0.1) is 6.26 Å². The molecule has 0 amide bonds. The Morgan fingerprint density at radius 2 is 1.86 bits per heavy atom. The van der Waals surface area contributed by atoms with Crippen LogP contribution in [0.1, 0.15) is 31.3 Å². The smallest absolute Gasteiger partial charge is 0.133 e. The van der Waals surface area contributed by atoms with E-state index in [0.29, 0.717) is 12.3 Å². The van der Waals surface area contributed by atoms with Gasteiger partial charge in [-0.1, -0.05) is 12.1 Å². The van der Waals surface area contributed by atoms with Crippen LogP contribution in [0.25, 0.3) is 0 Å². The molecule has 0 bridgehead atoms. The molecule has 2 rings (SSSR count). The molecule has 0 radical (unpaired) electrons. The Balaban J connectivity index is 1.81. The maximum Gasteiger partial charge on any atom is 0.133 e. The minimum absolute atomic E-state index is 0.477. The molecule has 2 aromatic rings. The SMILES string of the molecule is CCN(CC)c1ccc(CNCC(O)c2ccco2)cc1. The van der Waals surface area contributed by atoms with Gasteiger partial charge >= 0.3 is 0 Å². The molecular weight excluding hydrogens is 264 g/mol. The van der Waals surface area contributed by atoms with Crippen LogP contribution in [0.3, 0.4) is 0 Å². The van der Waals surface area contributed by atoms with Crippen molar-refractivity contribution >= 4 is 5.69 Å². The van der Waals surface area contributed by atoms with E-state index in [4.69, 9.17) is 4.42 Å². The highest BCUT2D eigenvalue weighted by molar-refractivity contribution is 5.47. The van der Waals surface area contributed by atoms with E-state index in [9.17, 15) is 5.11 Å². The number of anilines is 1. The first kappa shape index (κ1) is 15.6. The molecule has 2 N–H and O–H groups in total. The van der Waals surface area contributed by atoms with Gasteiger partial charge in [-0.15, -0.1) is 0 Å². The lowest BCUT2D eigenvalue weighted by Crippen LogP contribution is -2.22. The second-order valence-electron chi connectivity index (χ2n) is 5.00. The maximum atomic E-state index is 9.91. The topological polar surface area (TPSA) is 48.6 Å². The van der Waals surface area contributed by atoms with Gasteiger partial charge in [0.2, 0.25) is 0 Å². The van der Waals surface area contributed by atoms with Crippen LogP contribution in [-0.4, -0.2) is 24.7 Å². The van der Waals surface area contributed by atoms with Gasteiger partial charge in [-0.3, -0.25) is 0 Å². The number of nitrogens with one attached hydrogen (secondary N) is 1. The number of nitrogens with zero attached hydrogens (tertiary/aromatic N) is 1. The monoisotopic (exact) mass is 288 g/mol. The van der Waals surface area contributed by atoms with E-state index < -0.39 is 6.10 Å². The van der Waals surface area contributed by atoms with Crippen LogP contribution in [0.2, 0.25) is 0 Å². The first-order valence-electron chi connectivity index (χ1n) is 7.50. The molecular formula is C17H24N2O2. The number of aliphatic hydroxyl groups excluding tert-OH is 1. The van der Waals surface area contributed by atoms with Crippen molar-refractivity contribution in [2.75, 3.05) is 24.5 Å². The van der Waals surface area contributed by atoms with Crippen LogP contribution >= 0.6 is 0 Å². The summed E-state index contributed by atoms with van der Waals surface area (Å²) in [6, 6.07) is 12.1. The number of hydrogen-bond acceptors (Lipinski definition) is 4. The fraction of sp³-hybridized carbons (Fsp3) is 0.412. The number of hydrogen-bond donors (Lipinski definition) is 2. The first-order valence-corrected chi connectivity index (χ1v) is 7.50. The van der Waals surface area contributed by atoms with Crippen molar-refractivity contribution in [2.24, 2.45) is 0 Å². The van der Waals surface area contributed by atoms with E-state index in [1.807, 2.05) is 0 Å². The Morgan fingerprint density at radius 1 is 1.14 bits per heavy atom. The van der Waals surface area contributed by atoms with E-state index in [1.165, 1.54) is 11.3 Å². The van der Waals surface area contributed by atoms with E-state index in [2.05, 4.69) is 48.3 Å². The van der Waals surface area contributed by atoms with E-state index in [-0.39, 0.29) is 0 Å². The second-order valence-corrected chi connectivity index (χ2v) is 5.00. The van der Waals surface area contributed by atoms with Crippen LogP contribution in [0.4, 0.5) is 5.69 Å². The fourth-order valence-electron chi connectivity index (χ4n) is 2.35. The number of benzene rings is 1. The standard InChI is InChI=1S/C17H24N2O2/c1-3-19(4-2)15-9-7-14(8-10-15)12-18-13-16(20)17-6-5-11-21-17/h5-11,16,18,20H,3-4,12-13H2,1-2H3. The lowest BCUT2D eigenvalue weighted by molar-refractivity contribution is 0.147. The molecule has 1 atom stereocenters. The summed E-state index contributed by atoms with van der Waals surface area (Å²) < 4.78 is 5.17. The van der Waals surface area contributed by atoms with Crippen molar-refractivity contribution in [1.29, 1.82) is 0 Å². The van der Waals surface area contributed by atoms with Crippen molar-refractivity contribution in [1.82, 2.24) is 5.32 Å². The summed E-state index contributed by atoms with van der Waals surface area (Å²) in [6.45, 7) is 7.57. The summed E-state index contributed by atoms with van der Waals surface area (Å²) in [5.74, 6) is 0.597. The van der Waals surface area contributed by atoms with Gasteiger partial charge in [0.1, 0.15) is 11.9 Å². The zero-order valence-corrected chi connectivity index (χ0v) is 12.7.